The fourth-order valence-electron chi connectivity index (χ4n) is 5.47. The molecule has 0 radical (unpaired) electrons. The normalized spacial score (nSPS) is 30.3. The van der Waals surface area contributed by atoms with Gasteiger partial charge in [0, 0.05) is 46.1 Å². The first kappa shape index (κ1) is 24.1. The molecule has 3 fully saturated rings. The van der Waals surface area contributed by atoms with E-state index in [-0.39, 0.29) is 36.0 Å². The number of hydrogen-bond donors (Lipinski definition) is 2. The summed E-state index contributed by atoms with van der Waals surface area (Å²) in [5, 5.41) is 6.04. The van der Waals surface area contributed by atoms with Crippen LogP contribution >= 0.6 is 0 Å². The van der Waals surface area contributed by atoms with Crippen molar-refractivity contribution in [1.82, 2.24) is 20.4 Å². The van der Waals surface area contributed by atoms with Crippen molar-refractivity contribution in [2.75, 3.05) is 39.3 Å². The van der Waals surface area contributed by atoms with Crippen LogP contribution in [0.4, 0.5) is 0 Å². The number of carbonyl (C=O) groups is 3. The molecule has 9 nitrogen and oxygen atoms in total. The van der Waals surface area contributed by atoms with Crippen molar-refractivity contribution >= 4 is 17.7 Å². The quantitative estimate of drug-likeness (QED) is 0.668. The lowest BCUT2D eigenvalue weighted by Crippen LogP contribution is -2.62. The number of benzene rings is 1. The molecule has 3 aliphatic heterocycles. The summed E-state index contributed by atoms with van der Waals surface area (Å²) in [7, 11) is 0. The number of nitrogens with one attached hydrogen (secondary N) is 2. The SMILES string of the molecule is CC(=O)N[C@@H]1CC[C@H]2CCOc3ccccc3C(=O)N3CCN(CC4CC4)C[C@H]3C(=O)NC[C@H]1O2. The minimum atomic E-state index is -0.593. The molecule has 3 heterocycles. The van der Waals surface area contributed by atoms with Crippen LogP contribution < -0.4 is 15.4 Å². The summed E-state index contributed by atoms with van der Waals surface area (Å²) >= 11 is 0. The average Bonchev–Trinajstić information content (AvgIpc) is 3.67. The van der Waals surface area contributed by atoms with Crippen LogP contribution in [0.3, 0.4) is 0 Å². The van der Waals surface area contributed by atoms with Gasteiger partial charge in [-0.1, -0.05) is 12.1 Å². The first-order chi connectivity index (χ1) is 17.0. The molecule has 9 heteroatoms. The largest absolute Gasteiger partial charge is 0.493 e. The Kier molecular flexibility index (Phi) is 7.24. The van der Waals surface area contributed by atoms with Crippen molar-refractivity contribution in [3.8, 4) is 5.75 Å². The fourth-order valence-corrected chi connectivity index (χ4v) is 5.47. The smallest absolute Gasteiger partial charge is 0.258 e. The van der Waals surface area contributed by atoms with Gasteiger partial charge in [-0.15, -0.1) is 0 Å². The van der Waals surface area contributed by atoms with E-state index < -0.39 is 6.04 Å². The van der Waals surface area contributed by atoms with E-state index >= 15 is 0 Å². The molecule has 4 aliphatic rings. The highest BCUT2D eigenvalue weighted by Crippen LogP contribution is 2.31. The molecule has 1 saturated carbocycles. The maximum atomic E-state index is 13.7. The number of hydrogen-bond acceptors (Lipinski definition) is 6. The van der Waals surface area contributed by atoms with Crippen molar-refractivity contribution < 1.29 is 23.9 Å². The lowest BCUT2D eigenvalue weighted by Gasteiger charge is -2.42. The standard InChI is InChI=1S/C26H36N4O5/c1-17(31)28-21-9-8-19-10-13-34-23-5-3-2-4-20(23)26(33)30-12-11-29(15-18-6-7-18)16-22(30)25(32)27-14-24(21)35-19/h2-5,18-19,21-22,24H,6-16H2,1H3,(H,27,32)(H,28,31)/t19-,21+,22-,24+/m0/s1. The first-order valence-corrected chi connectivity index (χ1v) is 12.9. The van der Waals surface area contributed by atoms with Crippen LogP contribution in [0, 0.1) is 5.92 Å². The van der Waals surface area contributed by atoms with E-state index in [1.54, 1.807) is 11.0 Å². The summed E-state index contributed by atoms with van der Waals surface area (Å²) in [6.07, 6.45) is 4.37. The van der Waals surface area contributed by atoms with Crippen molar-refractivity contribution in [2.24, 2.45) is 5.92 Å². The first-order valence-electron chi connectivity index (χ1n) is 12.9. The molecule has 1 aliphatic carbocycles. The molecular weight excluding hydrogens is 448 g/mol. The Labute approximate surface area is 206 Å². The van der Waals surface area contributed by atoms with E-state index in [0.29, 0.717) is 49.9 Å². The van der Waals surface area contributed by atoms with Crippen molar-refractivity contribution in [1.29, 1.82) is 0 Å². The predicted molar refractivity (Wildman–Crippen MR) is 129 cm³/mol. The molecule has 1 aromatic rings. The van der Waals surface area contributed by atoms with Crippen molar-refractivity contribution in [3.63, 3.8) is 0 Å². The van der Waals surface area contributed by atoms with Crippen LogP contribution in [0.5, 0.6) is 5.75 Å². The highest BCUT2D eigenvalue weighted by atomic mass is 16.5. The van der Waals surface area contributed by atoms with Gasteiger partial charge in [0.05, 0.1) is 30.4 Å². The van der Waals surface area contributed by atoms with E-state index in [0.717, 1.165) is 25.9 Å². The van der Waals surface area contributed by atoms with Crippen LogP contribution in [0.25, 0.3) is 0 Å². The van der Waals surface area contributed by atoms with Crippen LogP contribution in [-0.2, 0) is 14.3 Å². The minimum Gasteiger partial charge on any atom is -0.493 e. The molecular formula is C26H36N4O5. The summed E-state index contributed by atoms with van der Waals surface area (Å²) in [6, 6.07) is 6.53. The number of rotatable bonds is 3. The fraction of sp³-hybridized carbons (Fsp3) is 0.654. The minimum absolute atomic E-state index is 0.0343. The summed E-state index contributed by atoms with van der Waals surface area (Å²) in [5.74, 6) is 0.789. The second-order valence-corrected chi connectivity index (χ2v) is 10.3. The zero-order valence-corrected chi connectivity index (χ0v) is 20.4. The van der Waals surface area contributed by atoms with Gasteiger partial charge in [-0.05, 0) is 43.7 Å². The molecule has 0 spiro atoms. The lowest BCUT2D eigenvalue weighted by atomic mass is 9.96. The average molecular weight is 485 g/mol. The molecule has 35 heavy (non-hydrogen) atoms. The van der Waals surface area contributed by atoms with Gasteiger partial charge < -0.3 is 25.0 Å². The molecule has 0 unspecified atom stereocenters. The summed E-state index contributed by atoms with van der Waals surface area (Å²) in [6.45, 7) is 4.96. The molecule has 4 atom stereocenters. The van der Waals surface area contributed by atoms with Gasteiger partial charge in [-0.2, -0.15) is 0 Å². The van der Waals surface area contributed by atoms with Gasteiger partial charge in [0.15, 0.2) is 0 Å². The van der Waals surface area contributed by atoms with E-state index in [2.05, 4.69) is 15.5 Å². The topological polar surface area (TPSA) is 100 Å². The molecule has 2 saturated heterocycles. The Morgan fingerprint density at radius 3 is 2.74 bits per heavy atom. The maximum Gasteiger partial charge on any atom is 0.258 e. The third kappa shape index (κ3) is 5.78. The number of ether oxygens (including phenoxy) is 2. The molecule has 1 aromatic carbocycles. The maximum absolute atomic E-state index is 13.7. The van der Waals surface area contributed by atoms with Crippen molar-refractivity contribution in [2.45, 2.75) is 63.3 Å². The van der Waals surface area contributed by atoms with Crippen LogP contribution in [0.2, 0.25) is 0 Å². The summed E-state index contributed by atoms with van der Waals surface area (Å²) < 4.78 is 12.4. The summed E-state index contributed by atoms with van der Waals surface area (Å²) in [4.78, 5) is 42.9. The molecule has 5 rings (SSSR count). The van der Waals surface area contributed by atoms with E-state index in [1.807, 2.05) is 18.2 Å². The van der Waals surface area contributed by atoms with Gasteiger partial charge in [0.25, 0.3) is 5.91 Å². The lowest BCUT2D eigenvalue weighted by molar-refractivity contribution is -0.131. The highest BCUT2D eigenvalue weighted by molar-refractivity contribution is 6.00. The number of nitrogens with zero attached hydrogens (tertiary/aromatic N) is 2. The van der Waals surface area contributed by atoms with Gasteiger partial charge >= 0.3 is 0 Å². The van der Waals surface area contributed by atoms with Crippen LogP contribution in [-0.4, -0.2) is 91.1 Å². The Morgan fingerprint density at radius 2 is 1.94 bits per heavy atom. The second-order valence-electron chi connectivity index (χ2n) is 10.3. The van der Waals surface area contributed by atoms with E-state index in [1.165, 1.54) is 19.8 Å². The van der Waals surface area contributed by atoms with E-state index in [4.69, 9.17) is 9.47 Å². The monoisotopic (exact) mass is 484 g/mol. The van der Waals surface area contributed by atoms with Gasteiger partial charge in [-0.3, -0.25) is 19.3 Å². The number of para-hydroxylation sites is 1. The van der Waals surface area contributed by atoms with Crippen LogP contribution in [0.1, 0.15) is 49.4 Å². The third-order valence-electron chi connectivity index (χ3n) is 7.54. The van der Waals surface area contributed by atoms with E-state index in [9.17, 15) is 14.4 Å². The van der Waals surface area contributed by atoms with Gasteiger partial charge in [0.2, 0.25) is 11.8 Å². The molecule has 2 bridgehead atoms. The Morgan fingerprint density at radius 1 is 1.11 bits per heavy atom. The van der Waals surface area contributed by atoms with Gasteiger partial charge in [0.1, 0.15) is 11.8 Å². The molecule has 2 N–H and O–H groups in total. The second kappa shape index (κ2) is 10.5. The Hall–Kier alpha value is -2.65. The Balaban J connectivity index is 1.40. The van der Waals surface area contributed by atoms with Gasteiger partial charge in [-0.25, -0.2) is 0 Å². The Bertz CT molecular complexity index is 951. The number of carbonyl (C=O) groups excluding carboxylic acids is 3. The summed E-state index contributed by atoms with van der Waals surface area (Å²) in [5.41, 5.74) is 0.492. The number of amides is 3. The zero-order valence-electron chi connectivity index (χ0n) is 20.4. The highest BCUT2D eigenvalue weighted by Gasteiger charge is 2.39. The predicted octanol–water partition coefficient (Wildman–Crippen LogP) is 1.17. The molecule has 190 valence electrons. The number of fused-ring (bicyclic) bond motifs is 4. The molecule has 3 amide bonds. The number of piperazine rings is 1. The zero-order chi connectivity index (χ0) is 24.4. The third-order valence-corrected chi connectivity index (χ3v) is 7.54. The van der Waals surface area contributed by atoms with Crippen molar-refractivity contribution in [3.05, 3.63) is 29.8 Å². The van der Waals surface area contributed by atoms with Crippen LogP contribution in [0.15, 0.2) is 24.3 Å². The molecule has 0 aromatic heterocycles.